The molecular formula is C38H76BN. The first-order valence-corrected chi connectivity index (χ1v) is 19.3. The van der Waals surface area contributed by atoms with Crippen LogP contribution < -0.4 is 0 Å². The molecule has 0 spiro atoms. The first kappa shape index (κ1) is 38.0. The highest BCUT2D eigenvalue weighted by Gasteiger charge is 2.18. The molecule has 2 radical (unpaired) electrons. The number of unbranched alkanes of at least 4 members (excludes halogenated alkanes) is 24. The van der Waals surface area contributed by atoms with E-state index in [0.29, 0.717) is 0 Å². The van der Waals surface area contributed by atoms with Crippen molar-refractivity contribution in [2.24, 2.45) is 11.8 Å². The molecule has 0 saturated carbocycles. The zero-order chi connectivity index (χ0) is 28.8. The van der Waals surface area contributed by atoms with Crippen LogP contribution in [0.25, 0.3) is 0 Å². The lowest BCUT2D eigenvalue weighted by atomic mass is 9.93. The van der Waals surface area contributed by atoms with E-state index in [2.05, 4.69) is 18.7 Å². The maximum Gasteiger partial charge on any atom is 0.182 e. The second-order valence-electron chi connectivity index (χ2n) is 14.0. The summed E-state index contributed by atoms with van der Waals surface area (Å²) in [7, 11) is 6.58. The molecule has 2 unspecified atom stereocenters. The Labute approximate surface area is 256 Å². The van der Waals surface area contributed by atoms with Crippen molar-refractivity contribution in [3.63, 3.8) is 0 Å². The van der Waals surface area contributed by atoms with Gasteiger partial charge in [-0.05, 0) is 50.6 Å². The Balaban J connectivity index is 1.96. The maximum atomic E-state index is 6.58. The summed E-state index contributed by atoms with van der Waals surface area (Å²) in [5, 5.41) is 0. The van der Waals surface area contributed by atoms with E-state index in [1.54, 1.807) is 0 Å². The van der Waals surface area contributed by atoms with Gasteiger partial charge in [0.1, 0.15) is 0 Å². The van der Waals surface area contributed by atoms with Crippen molar-refractivity contribution in [1.29, 1.82) is 0 Å². The lowest BCUT2D eigenvalue weighted by Crippen LogP contribution is -2.31. The Kier molecular flexibility index (Phi) is 29.0. The quantitative estimate of drug-likeness (QED) is 0.0683. The predicted octanol–water partition coefficient (Wildman–Crippen LogP) is 13.1. The van der Waals surface area contributed by atoms with Gasteiger partial charge in [0, 0.05) is 0 Å². The number of rotatable bonds is 28. The summed E-state index contributed by atoms with van der Waals surface area (Å²) in [6.45, 7) is 6.91. The second kappa shape index (κ2) is 30.5. The van der Waals surface area contributed by atoms with Crippen molar-refractivity contribution in [2.45, 2.75) is 219 Å². The van der Waals surface area contributed by atoms with E-state index in [9.17, 15) is 0 Å². The van der Waals surface area contributed by atoms with Crippen molar-refractivity contribution in [1.82, 2.24) is 4.81 Å². The molecule has 1 aliphatic heterocycles. The Morgan fingerprint density at radius 2 is 0.650 bits per heavy atom. The van der Waals surface area contributed by atoms with Gasteiger partial charge in [0.05, 0.1) is 0 Å². The molecule has 1 rings (SSSR count). The van der Waals surface area contributed by atoms with Crippen molar-refractivity contribution < 1.29 is 0 Å². The second-order valence-corrected chi connectivity index (χ2v) is 14.0. The van der Waals surface area contributed by atoms with Crippen molar-refractivity contribution in [2.75, 3.05) is 13.1 Å². The molecule has 2 atom stereocenters. The first-order chi connectivity index (χ1) is 19.8. The van der Waals surface area contributed by atoms with Crippen molar-refractivity contribution >= 4 is 7.98 Å². The average Bonchev–Trinajstić information content (AvgIpc) is 3.03. The molecule has 0 aromatic carbocycles. The third-order valence-corrected chi connectivity index (χ3v) is 9.89. The van der Waals surface area contributed by atoms with Gasteiger partial charge in [-0.25, -0.2) is 0 Å². The third-order valence-electron chi connectivity index (χ3n) is 9.89. The van der Waals surface area contributed by atoms with E-state index >= 15 is 0 Å². The minimum absolute atomic E-state index is 0.841. The van der Waals surface area contributed by atoms with Gasteiger partial charge in [-0.1, -0.05) is 194 Å². The van der Waals surface area contributed by atoms with Crippen LogP contribution in [0.5, 0.6) is 0 Å². The highest BCUT2D eigenvalue weighted by molar-refractivity contribution is 6.04. The molecule has 0 bridgehead atoms. The fraction of sp³-hybridized carbons (Fsp3) is 1.00. The monoisotopic (exact) mass is 558 g/mol. The molecular weight excluding hydrogens is 481 g/mol. The topological polar surface area (TPSA) is 3.24 Å². The van der Waals surface area contributed by atoms with Crippen LogP contribution in [0, 0.1) is 11.8 Å². The van der Waals surface area contributed by atoms with Crippen molar-refractivity contribution in [3.05, 3.63) is 0 Å². The Bertz CT molecular complexity index is 438. The zero-order valence-electron chi connectivity index (χ0n) is 28.2. The third kappa shape index (κ3) is 25.7. The lowest BCUT2D eigenvalue weighted by molar-refractivity contribution is 0.287. The van der Waals surface area contributed by atoms with Gasteiger partial charge in [-0.3, -0.25) is 0 Å². The average molecular weight is 558 g/mol. The van der Waals surface area contributed by atoms with Gasteiger partial charge in [0.25, 0.3) is 0 Å². The van der Waals surface area contributed by atoms with Crippen LogP contribution in [0.15, 0.2) is 0 Å². The normalized spacial score (nSPS) is 18.9. The molecule has 1 aliphatic rings. The molecule has 0 amide bonds. The van der Waals surface area contributed by atoms with Gasteiger partial charge in [-0.15, -0.1) is 0 Å². The summed E-state index contributed by atoms with van der Waals surface area (Å²) in [6, 6.07) is 0. The van der Waals surface area contributed by atoms with Crippen LogP contribution in [0.3, 0.4) is 0 Å². The zero-order valence-corrected chi connectivity index (χ0v) is 28.2. The van der Waals surface area contributed by atoms with Crippen LogP contribution in [0.1, 0.15) is 219 Å². The standard InChI is InChI=1S/C38H76BN/c1-3-5-7-9-11-13-15-17-19-21-23-25-27-31-37-33-29-30-34-38(36-40(39)35-37)32-28-26-24-22-20-18-16-14-12-10-8-6-4-2/h37-38H,3-36H2,1-2H3. The fourth-order valence-corrected chi connectivity index (χ4v) is 7.16. The van der Waals surface area contributed by atoms with E-state index in [4.69, 9.17) is 7.98 Å². The molecule has 2 heteroatoms. The largest absolute Gasteiger partial charge is 0.353 e. The van der Waals surface area contributed by atoms with Gasteiger partial charge in [0.2, 0.25) is 0 Å². The molecule has 236 valence electrons. The molecule has 1 heterocycles. The Morgan fingerprint density at radius 3 is 0.925 bits per heavy atom. The smallest absolute Gasteiger partial charge is 0.182 e. The Hall–Kier alpha value is 0.0249. The van der Waals surface area contributed by atoms with E-state index < -0.39 is 0 Å². The highest BCUT2D eigenvalue weighted by Crippen LogP contribution is 2.26. The summed E-state index contributed by atoms with van der Waals surface area (Å²) in [5.41, 5.74) is 0. The molecule has 0 aliphatic carbocycles. The lowest BCUT2D eigenvalue weighted by Gasteiger charge is -2.26. The summed E-state index contributed by atoms with van der Waals surface area (Å²) in [4.78, 5) is 2.23. The molecule has 1 saturated heterocycles. The SMILES string of the molecule is [B]N1CC(CCCCCCCCCCCCCCC)CCCCC(CCCCCCCCCCCCCCC)C1. The molecule has 0 aromatic rings. The van der Waals surface area contributed by atoms with E-state index in [0.717, 1.165) is 24.9 Å². The predicted molar refractivity (Wildman–Crippen MR) is 183 cm³/mol. The summed E-state index contributed by atoms with van der Waals surface area (Å²) in [6.07, 6.45) is 46.3. The van der Waals surface area contributed by atoms with E-state index in [1.165, 1.54) is 205 Å². The Morgan fingerprint density at radius 1 is 0.400 bits per heavy atom. The minimum atomic E-state index is 0.841. The number of hydrogen-bond donors (Lipinski definition) is 0. The van der Waals surface area contributed by atoms with Crippen LogP contribution in [-0.2, 0) is 0 Å². The van der Waals surface area contributed by atoms with Gasteiger partial charge >= 0.3 is 0 Å². The van der Waals surface area contributed by atoms with Gasteiger partial charge in [-0.2, -0.15) is 0 Å². The van der Waals surface area contributed by atoms with Crippen LogP contribution in [0.4, 0.5) is 0 Å². The molecule has 40 heavy (non-hydrogen) atoms. The van der Waals surface area contributed by atoms with Crippen LogP contribution >= 0.6 is 0 Å². The highest BCUT2D eigenvalue weighted by atomic mass is 15.0. The minimum Gasteiger partial charge on any atom is -0.353 e. The number of hydrogen-bond acceptors (Lipinski definition) is 1. The fourth-order valence-electron chi connectivity index (χ4n) is 7.16. The summed E-state index contributed by atoms with van der Waals surface area (Å²) >= 11 is 0. The number of nitrogens with zero attached hydrogens (tertiary/aromatic N) is 1. The van der Waals surface area contributed by atoms with Crippen LogP contribution in [-0.4, -0.2) is 25.9 Å². The maximum absolute atomic E-state index is 6.58. The molecule has 0 N–H and O–H groups in total. The summed E-state index contributed by atoms with van der Waals surface area (Å²) < 4.78 is 0. The van der Waals surface area contributed by atoms with E-state index in [1.807, 2.05) is 0 Å². The van der Waals surface area contributed by atoms with Gasteiger partial charge < -0.3 is 4.81 Å². The van der Waals surface area contributed by atoms with Crippen LogP contribution in [0.2, 0.25) is 0 Å². The molecule has 1 fully saturated rings. The first-order valence-electron chi connectivity index (χ1n) is 19.3. The summed E-state index contributed by atoms with van der Waals surface area (Å²) in [5.74, 6) is 1.68. The van der Waals surface area contributed by atoms with Crippen molar-refractivity contribution in [3.8, 4) is 0 Å². The molecule has 0 aromatic heterocycles. The molecule has 1 nitrogen and oxygen atoms in total. The van der Waals surface area contributed by atoms with E-state index in [-0.39, 0.29) is 0 Å². The van der Waals surface area contributed by atoms with Gasteiger partial charge in [0.15, 0.2) is 7.98 Å².